The van der Waals surface area contributed by atoms with E-state index >= 15 is 0 Å². The van der Waals surface area contributed by atoms with Crippen molar-refractivity contribution < 1.29 is 9.47 Å². The van der Waals surface area contributed by atoms with Crippen LogP contribution in [-0.4, -0.2) is 44.6 Å². The molecule has 1 fully saturated rings. The number of piperidine rings is 1. The third-order valence-electron chi connectivity index (χ3n) is 5.14. The van der Waals surface area contributed by atoms with Crippen LogP contribution in [0.15, 0.2) is 49.2 Å². The predicted octanol–water partition coefficient (Wildman–Crippen LogP) is 3.39. The lowest BCUT2D eigenvalue weighted by Gasteiger charge is -2.32. The average molecular weight is 379 g/mol. The quantitative estimate of drug-likeness (QED) is 0.654. The number of methoxy groups -OCH3 is 1. The molecule has 1 aromatic carbocycles. The Morgan fingerprint density at radius 2 is 2.04 bits per heavy atom. The lowest BCUT2D eigenvalue weighted by Crippen LogP contribution is -2.34. The number of imidazole rings is 1. The van der Waals surface area contributed by atoms with Gasteiger partial charge in [0.15, 0.2) is 0 Å². The number of likely N-dealkylation sites (tertiary alicyclic amines) is 1. The minimum atomic E-state index is 0.288. The molecule has 7 heteroatoms. The molecule has 4 rings (SSSR count). The summed E-state index contributed by atoms with van der Waals surface area (Å²) in [6.07, 6.45) is 9.40. The molecule has 0 amide bonds. The Bertz CT molecular complexity index is 926. The Morgan fingerprint density at radius 3 is 2.86 bits per heavy atom. The molecule has 1 aliphatic heterocycles. The van der Waals surface area contributed by atoms with E-state index in [0.717, 1.165) is 43.9 Å². The second-order valence-electron chi connectivity index (χ2n) is 7.10. The zero-order chi connectivity index (χ0) is 19.3. The van der Waals surface area contributed by atoms with Gasteiger partial charge in [0.05, 0.1) is 19.1 Å². The van der Waals surface area contributed by atoms with Crippen molar-refractivity contribution in [3.05, 3.63) is 60.6 Å². The number of hydrogen-bond acceptors (Lipinski definition) is 6. The molecule has 0 aliphatic carbocycles. The highest BCUT2D eigenvalue weighted by Crippen LogP contribution is 2.33. The van der Waals surface area contributed by atoms with E-state index in [0.29, 0.717) is 11.6 Å². The Hall–Kier alpha value is -2.93. The number of hydrogen-bond donors (Lipinski definition) is 0. The summed E-state index contributed by atoms with van der Waals surface area (Å²) in [4.78, 5) is 15.8. The molecule has 1 aliphatic rings. The molecule has 3 aromatic rings. The van der Waals surface area contributed by atoms with Crippen molar-refractivity contribution >= 4 is 0 Å². The highest BCUT2D eigenvalue weighted by molar-refractivity contribution is 5.36. The van der Waals surface area contributed by atoms with Crippen molar-refractivity contribution in [3.8, 4) is 17.4 Å². The largest absolute Gasteiger partial charge is 0.497 e. The Morgan fingerprint density at radius 1 is 1.18 bits per heavy atom. The van der Waals surface area contributed by atoms with E-state index in [4.69, 9.17) is 9.47 Å². The number of nitrogens with zero attached hydrogens (tertiary/aromatic N) is 5. The molecule has 2 aromatic heterocycles. The molecule has 3 heterocycles. The van der Waals surface area contributed by atoms with E-state index in [1.54, 1.807) is 19.5 Å². The van der Waals surface area contributed by atoms with Crippen LogP contribution in [0.2, 0.25) is 0 Å². The lowest BCUT2D eigenvalue weighted by atomic mass is 9.94. The first kappa shape index (κ1) is 18.4. The van der Waals surface area contributed by atoms with Crippen LogP contribution in [0.4, 0.5) is 0 Å². The standard InChI is InChI=1S/C21H25N5O2/c1-25-15-22-12-17(25)14-26-10-4-5-16(13-26)20-21(24-9-8-23-20)28-19-7-3-6-18(11-19)27-2/h3,6-9,11-12,15-16H,4-5,10,13-14H2,1-2H3/t16-/m1/s1. The first-order valence-corrected chi connectivity index (χ1v) is 9.53. The Kier molecular flexibility index (Phi) is 5.53. The summed E-state index contributed by atoms with van der Waals surface area (Å²) in [7, 11) is 3.68. The van der Waals surface area contributed by atoms with Gasteiger partial charge >= 0.3 is 0 Å². The number of benzene rings is 1. The van der Waals surface area contributed by atoms with E-state index in [1.807, 2.05) is 43.8 Å². The maximum Gasteiger partial charge on any atom is 0.241 e. The normalized spacial score (nSPS) is 17.4. The van der Waals surface area contributed by atoms with E-state index < -0.39 is 0 Å². The number of aryl methyl sites for hydroxylation is 1. The van der Waals surface area contributed by atoms with Gasteiger partial charge < -0.3 is 14.0 Å². The average Bonchev–Trinajstić information content (AvgIpc) is 3.13. The smallest absolute Gasteiger partial charge is 0.241 e. The van der Waals surface area contributed by atoms with Gasteiger partial charge in [0, 0.05) is 50.7 Å². The predicted molar refractivity (Wildman–Crippen MR) is 106 cm³/mol. The van der Waals surface area contributed by atoms with Crippen molar-refractivity contribution in [3.63, 3.8) is 0 Å². The van der Waals surface area contributed by atoms with Crippen molar-refractivity contribution in [1.82, 2.24) is 24.4 Å². The molecule has 0 saturated carbocycles. The van der Waals surface area contributed by atoms with E-state index in [9.17, 15) is 0 Å². The van der Waals surface area contributed by atoms with E-state index in [-0.39, 0.29) is 5.92 Å². The molecule has 0 radical (unpaired) electrons. The molecule has 0 spiro atoms. The van der Waals surface area contributed by atoms with Gasteiger partial charge in [-0.1, -0.05) is 6.07 Å². The molecule has 0 N–H and O–H groups in total. The fraction of sp³-hybridized carbons (Fsp3) is 0.381. The fourth-order valence-corrected chi connectivity index (χ4v) is 3.66. The molecule has 7 nitrogen and oxygen atoms in total. The third kappa shape index (κ3) is 4.14. The van der Waals surface area contributed by atoms with Crippen LogP contribution in [0, 0.1) is 0 Å². The summed E-state index contributed by atoms with van der Waals surface area (Å²) >= 11 is 0. The van der Waals surface area contributed by atoms with Crippen LogP contribution in [0.1, 0.15) is 30.1 Å². The summed E-state index contributed by atoms with van der Waals surface area (Å²) in [6.45, 7) is 2.89. The summed E-state index contributed by atoms with van der Waals surface area (Å²) in [5.41, 5.74) is 2.13. The van der Waals surface area contributed by atoms with Crippen LogP contribution >= 0.6 is 0 Å². The second kappa shape index (κ2) is 8.39. The lowest BCUT2D eigenvalue weighted by molar-refractivity contribution is 0.193. The summed E-state index contributed by atoms with van der Waals surface area (Å²) in [5.74, 6) is 2.31. The van der Waals surface area contributed by atoms with Crippen molar-refractivity contribution in [1.29, 1.82) is 0 Å². The Balaban J connectivity index is 1.51. The van der Waals surface area contributed by atoms with Crippen LogP contribution < -0.4 is 9.47 Å². The van der Waals surface area contributed by atoms with Gasteiger partial charge in [-0.15, -0.1) is 0 Å². The SMILES string of the molecule is COc1cccc(Oc2nccnc2[C@@H]2CCCN(Cc3cncn3C)C2)c1. The minimum absolute atomic E-state index is 0.288. The molecule has 1 saturated heterocycles. The first-order valence-electron chi connectivity index (χ1n) is 9.53. The van der Waals surface area contributed by atoms with Gasteiger partial charge in [0.25, 0.3) is 0 Å². The van der Waals surface area contributed by atoms with Crippen LogP contribution in [0.3, 0.4) is 0 Å². The van der Waals surface area contributed by atoms with Gasteiger partial charge in [0.1, 0.15) is 17.2 Å². The molecular formula is C21H25N5O2. The molecule has 0 unspecified atom stereocenters. The Labute approximate surface area is 165 Å². The molecule has 146 valence electrons. The zero-order valence-corrected chi connectivity index (χ0v) is 16.3. The minimum Gasteiger partial charge on any atom is -0.497 e. The van der Waals surface area contributed by atoms with Crippen LogP contribution in [0.5, 0.6) is 17.4 Å². The second-order valence-corrected chi connectivity index (χ2v) is 7.10. The van der Waals surface area contributed by atoms with Gasteiger partial charge in [-0.05, 0) is 31.5 Å². The van der Waals surface area contributed by atoms with Crippen molar-refractivity contribution in [2.45, 2.75) is 25.3 Å². The number of rotatable bonds is 6. The maximum atomic E-state index is 6.08. The molecule has 1 atom stereocenters. The van der Waals surface area contributed by atoms with E-state index in [2.05, 4.69) is 24.4 Å². The highest BCUT2D eigenvalue weighted by Gasteiger charge is 2.26. The van der Waals surface area contributed by atoms with Crippen molar-refractivity contribution in [2.75, 3.05) is 20.2 Å². The molecular weight excluding hydrogens is 354 g/mol. The number of aromatic nitrogens is 4. The van der Waals surface area contributed by atoms with Gasteiger partial charge in [-0.3, -0.25) is 9.88 Å². The molecule has 0 bridgehead atoms. The van der Waals surface area contributed by atoms with Crippen LogP contribution in [0.25, 0.3) is 0 Å². The monoisotopic (exact) mass is 379 g/mol. The third-order valence-corrected chi connectivity index (χ3v) is 5.14. The zero-order valence-electron chi connectivity index (χ0n) is 16.3. The van der Waals surface area contributed by atoms with Gasteiger partial charge in [0.2, 0.25) is 5.88 Å². The first-order chi connectivity index (χ1) is 13.7. The van der Waals surface area contributed by atoms with Crippen LogP contribution in [-0.2, 0) is 13.6 Å². The summed E-state index contributed by atoms with van der Waals surface area (Å²) in [6, 6.07) is 7.55. The summed E-state index contributed by atoms with van der Waals surface area (Å²) in [5, 5.41) is 0. The van der Waals surface area contributed by atoms with Gasteiger partial charge in [-0.2, -0.15) is 0 Å². The van der Waals surface area contributed by atoms with Gasteiger partial charge in [-0.25, -0.2) is 9.97 Å². The fourth-order valence-electron chi connectivity index (χ4n) is 3.66. The summed E-state index contributed by atoms with van der Waals surface area (Å²) < 4.78 is 13.4. The highest BCUT2D eigenvalue weighted by atomic mass is 16.5. The topological polar surface area (TPSA) is 65.3 Å². The molecule has 28 heavy (non-hydrogen) atoms. The van der Waals surface area contributed by atoms with E-state index in [1.165, 1.54) is 5.69 Å². The van der Waals surface area contributed by atoms with Crippen molar-refractivity contribution in [2.24, 2.45) is 7.05 Å². The maximum absolute atomic E-state index is 6.08. The number of ether oxygens (including phenoxy) is 2.